The predicted octanol–water partition coefficient (Wildman–Crippen LogP) is 4.17. The maximum Gasteiger partial charge on any atom is 0.0875 e. The average Bonchev–Trinajstić information content (AvgIpc) is 2.82. The molecule has 2 saturated carbocycles. The van der Waals surface area contributed by atoms with Gasteiger partial charge in [-0.1, -0.05) is 32.1 Å². The van der Waals surface area contributed by atoms with Crippen LogP contribution in [0.15, 0.2) is 41.1 Å². The van der Waals surface area contributed by atoms with E-state index in [0.717, 1.165) is 23.7 Å². The third kappa shape index (κ3) is 1.81. The monoisotopic (exact) mass is 280 g/mol. The number of nitrogens with zero attached hydrogens (tertiary/aromatic N) is 2. The van der Waals surface area contributed by atoms with Crippen LogP contribution in [0, 0.1) is 35.0 Å². The second-order valence-corrected chi connectivity index (χ2v) is 7.78. The summed E-state index contributed by atoms with van der Waals surface area (Å²) < 4.78 is 0. The fourth-order valence-corrected chi connectivity index (χ4v) is 5.64. The molecule has 2 heteroatoms. The van der Waals surface area contributed by atoms with E-state index in [4.69, 9.17) is 5.84 Å². The number of allylic oxidation sites excluding steroid dienone is 6. The summed E-state index contributed by atoms with van der Waals surface area (Å²) in [4.78, 5) is 0. The van der Waals surface area contributed by atoms with Gasteiger partial charge in [-0.2, -0.15) is 0 Å². The molecule has 0 amide bonds. The molecule has 0 spiro atoms. The predicted molar refractivity (Wildman–Crippen MR) is 85.6 cm³/mol. The summed E-state index contributed by atoms with van der Waals surface area (Å²) in [7, 11) is 0. The third-order valence-corrected chi connectivity index (χ3v) is 7.12. The lowest BCUT2D eigenvalue weighted by molar-refractivity contribution is 0.0265. The van der Waals surface area contributed by atoms with Crippen LogP contribution < -0.4 is 5.84 Å². The van der Waals surface area contributed by atoms with Crippen molar-refractivity contribution in [1.29, 1.82) is 0 Å². The van der Waals surface area contributed by atoms with E-state index < -0.39 is 0 Å². The Kier molecular flexibility index (Phi) is 2.92. The summed E-state index contributed by atoms with van der Waals surface area (Å²) in [5, 5.41) is 3.34. The van der Waals surface area contributed by atoms with E-state index in [0.29, 0.717) is 17.0 Å². The summed E-state index contributed by atoms with van der Waals surface area (Å²) in [6.45, 7) is 5.00. The van der Waals surface area contributed by atoms with Crippen molar-refractivity contribution < 1.29 is 0 Å². The Hall–Kier alpha value is -1.31. The maximum atomic E-state index is 8.97. The Labute approximate surface area is 127 Å². The standard InChI is InChI=1S/C19H24N2/c1-12-3-8-18-17-6-4-13-11-14(21-20)5-7-15(13)16(17)9-10-19(12,18)2/h4-7,11-12,15-18H,3,8-10H2,1-2H3/t12-,15+,16-,17-,18+,19-/m1/s1. The lowest BCUT2D eigenvalue weighted by atomic mass is 9.54. The molecule has 0 N–H and O–H groups in total. The Morgan fingerprint density at radius 2 is 2.05 bits per heavy atom. The van der Waals surface area contributed by atoms with E-state index in [1.54, 1.807) is 0 Å². The largest absolute Gasteiger partial charge is 0.129 e. The summed E-state index contributed by atoms with van der Waals surface area (Å²) in [6, 6.07) is 0. The molecule has 0 unspecified atom stereocenters. The van der Waals surface area contributed by atoms with Crippen molar-refractivity contribution >= 4 is 5.71 Å². The number of hydrogen-bond acceptors (Lipinski definition) is 1. The van der Waals surface area contributed by atoms with E-state index in [-0.39, 0.29) is 0 Å². The van der Waals surface area contributed by atoms with Gasteiger partial charge in [0.2, 0.25) is 0 Å². The van der Waals surface area contributed by atoms with Gasteiger partial charge in [-0.05, 0) is 78.3 Å². The molecule has 0 saturated heterocycles. The van der Waals surface area contributed by atoms with Crippen molar-refractivity contribution in [3.63, 3.8) is 0 Å². The highest BCUT2D eigenvalue weighted by Gasteiger charge is 2.53. The van der Waals surface area contributed by atoms with Crippen molar-refractivity contribution in [3.05, 3.63) is 36.0 Å². The second kappa shape index (κ2) is 4.59. The van der Waals surface area contributed by atoms with Gasteiger partial charge in [-0.3, -0.25) is 0 Å². The van der Waals surface area contributed by atoms with Gasteiger partial charge in [0, 0.05) is 5.92 Å². The van der Waals surface area contributed by atoms with Crippen LogP contribution in [0.25, 0.3) is 0 Å². The molecule has 0 aromatic carbocycles. The number of hydrogen-bond donors (Lipinski definition) is 0. The number of fused-ring (bicyclic) bond motifs is 5. The SMILES string of the molecule is C[C@@H]1CC[C@H]2[C@@H]3C=CC4=CC(=N[N])C=C[C@@H]4[C@H]3CC[C@]12C. The van der Waals surface area contributed by atoms with E-state index in [2.05, 4.69) is 37.2 Å². The number of rotatable bonds is 0. The molecule has 6 atom stereocenters. The van der Waals surface area contributed by atoms with Crippen LogP contribution in [-0.4, -0.2) is 5.71 Å². The topological polar surface area (TPSA) is 34.7 Å². The zero-order valence-corrected chi connectivity index (χ0v) is 13.0. The Bertz CT molecular complexity index is 568. The third-order valence-electron chi connectivity index (χ3n) is 7.12. The molecule has 2 radical (unpaired) electrons. The van der Waals surface area contributed by atoms with Crippen molar-refractivity contribution in [3.8, 4) is 0 Å². The quantitative estimate of drug-likeness (QED) is 0.597. The minimum atomic E-state index is 0.533. The highest BCUT2D eigenvalue weighted by atomic mass is 15.1. The van der Waals surface area contributed by atoms with Gasteiger partial charge in [0.05, 0.1) is 5.71 Å². The van der Waals surface area contributed by atoms with Crippen molar-refractivity contribution in [1.82, 2.24) is 5.84 Å². The first kappa shape index (κ1) is 13.4. The summed E-state index contributed by atoms with van der Waals surface area (Å²) >= 11 is 0. The highest BCUT2D eigenvalue weighted by molar-refractivity contribution is 6.05. The fourth-order valence-electron chi connectivity index (χ4n) is 5.64. The van der Waals surface area contributed by atoms with E-state index in [1.807, 2.05) is 12.2 Å². The molecular weight excluding hydrogens is 256 g/mol. The summed E-state index contributed by atoms with van der Waals surface area (Å²) in [6.07, 6.45) is 16.6. The van der Waals surface area contributed by atoms with Crippen LogP contribution >= 0.6 is 0 Å². The molecule has 2 fully saturated rings. The van der Waals surface area contributed by atoms with Crippen molar-refractivity contribution in [2.24, 2.45) is 40.1 Å². The van der Waals surface area contributed by atoms with Crippen molar-refractivity contribution in [2.45, 2.75) is 39.5 Å². The van der Waals surface area contributed by atoms with Crippen molar-refractivity contribution in [2.75, 3.05) is 0 Å². The lowest BCUT2D eigenvalue weighted by Crippen LogP contribution is -2.43. The van der Waals surface area contributed by atoms with Crippen LogP contribution in [0.3, 0.4) is 0 Å². The summed E-state index contributed by atoms with van der Waals surface area (Å²) in [5.74, 6) is 12.7. The van der Waals surface area contributed by atoms with Gasteiger partial charge >= 0.3 is 0 Å². The molecule has 0 bridgehead atoms. The first-order valence-corrected chi connectivity index (χ1v) is 8.43. The zero-order valence-electron chi connectivity index (χ0n) is 13.0. The van der Waals surface area contributed by atoms with Crippen LogP contribution in [0.1, 0.15) is 39.5 Å². The molecule has 4 rings (SSSR count). The lowest BCUT2D eigenvalue weighted by Gasteiger charge is -2.51. The molecule has 0 aliphatic heterocycles. The normalized spacial score (nSPS) is 49.5. The summed E-state index contributed by atoms with van der Waals surface area (Å²) in [5.41, 5.74) is 2.57. The van der Waals surface area contributed by atoms with Gasteiger partial charge in [-0.25, -0.2) is 0 Å². The van der Waals surface area contributed by atoms with E-state index in [1.165, 1.54) is 31.3 Å². The molecular formula is C19H24N2. The molecule has 4 aliphatic carbocycles. The van der Waals surface area contributed by atoms with Gasteiger partial charge in [0.1, 0.15) is 0 Å². The molecule has 0 heterocycles. The fraction of sp³-hybridized carbons (Fsp3) is 0.632. The van der Waals surface area contributed by atoms with Crippen LogP contribution in [0.4, 0.5) is 0 Å². The maximum absolute atomic E-state index is 8.97. The Morgan fingerprint density at radius 1 is 1.19 bits per heavy atom. The molecule has 0 aromatic heterocycles. The van der Waals surface area contributed by atoms with Crippen LogP contribution in [-0.2, 0) is 0 Å². The average molecular weight is 280 g/mol. The molecule has 110 valence electrons. The molecule has 21 heavy (non-hydrogen) atoms. The van der Waals surface area contributed by atoms with E-state index in [9.17, 15) is 0 Å². The van der Waals surface area contributed by atoms with Gasteiger partial charge in [-0.15, -0.1) is 5.10 Å². The van der Waals surface area contributed by atoms with Gasteiger partial charge < -0.3 is 0 Å². The molecule has 4 aliphatic rings. The minimum absolute atomic E-state index is 0.533. The molecule has 0 aromatic rings. The van der Waals surface area contributed by atoms with Gasteiger partial charge in [0.25, 0.3) is 0 Å². The second-order valence-electron chi connectivity index (χ2n) is 7.78. The first-order chi connectivity index (χ1) is 10.1. The zero-order chi connectivity index (χ0) is 14.6. The first-order valence-electron chi connectivity index (χ1n) is 8.43. The van der Waals surface area contributed by atoms with Crippen LogP contribution in [0.2, 0.25) is 0 Å². The minimum Gasteiger partial charge on any atom is -0.129 e. The highest BCUT2D eigenvalue weighted by Crippen LogP contribution is 2.61. The van der Waals surface area contributed by atoms with Gasteiger partial charge in [0.15, 0.2) is 0 Å². The van der Waals surface area contributed by atoms with Crippen LogP contribution in [0.5, 0.6) is 0 Å². The Balaban J connectivity index is 1.69. The van der Waals surface area contributed by atoms with E-state index >= 15 is 0 Å². The Morgan fingerprint density at radius 3 is 2.86 bits per heavy atom. The molecule has 2 nitrogen and oxygen atoms in total. The smallest absolute Gasteiger partial charge is 0.0875 e.